The zero-order valence-electron chi connectivity index (χ0n) is 13.7. The van der Waals surface area contributed by atoms with Crippen LogP contribution in [0.3, 0.4) is 0 Å². The molecule has 0 saturated carbocycles. The van der Waals surface area contributed by atoms with Crippen LogP contribution in [0.1, 0.15) is 23.8 Å². The molecule has 8 nitrogen and oxygen atoms in total. The van der Waals surface area contributed by atoms with E-state index in [1.54, 1.807) is 35.5 Å². The lowest BCUT2D eigenvalue weighted by Gasteiger charge is -2.34. The summed E-state index contributed by atoms with van der Waals surface area (Å²) >= 11 is 0. The largest absolute Gasteiger partial charge is 0.369 e. The minimum absolute atomic E-state index is 0.0850. The quantitative estimate of drug-likeness (QED) is 0.878. The summed E-state index contributed by atoms with van der Waals surface area (Å²) in [5.41, 5.74) is 0.376. The minimum atomic E-state index is -0.0850. The van der Waals surface area contributed by atoms with Gasteiger partial charge in [-0.05, 0) is 24.6 Å². The fourth-order valence-electron chi connectivity index (χ4n) is 2.52. The first kappa shape index (κ1) is 16.1. The molecule has 2 aromatic heterocycles. The van der Waals surface area contributed by atoms with Crippen LogP contribution in [0, 0.1) is 0 Å². The van der Waals surface area contributed by atoms with Crippen molar-refractivity contribution in [2.75, 3.05) is 42.9 Å². The minimum Gasteiger partial charge on any atom is -0.369 e. The number of carbonyl (C=O) groups excluding carboxylic acids is 1. The normalized spacial score (nSPS) is 14.5. The number of amides is 1. The molecule has 0 unspecified atom stereocenters. The maximum Gasteiger partial charge on any atom is 0.274 e. The number of nitrogens with one attached hydrogen (secondary N) is 1. The summed E-state index contributed by atoms with van der Waals surface area (Å²) in [6.07, 6.45) is 4.46. The monoisotopic (exact) mass is 327 g/mol. The Bertz CT molecular complexity index is 654. The van der Waals surface area contributed by atoms with Gasteiger partial charge in [-0.15, -0.1) is 10.2 Å². The number of hydrogen-bond acceptors (Lipinski definition) is 7. The van der Waals surface area contributed by atoms with Crippen LogP contribution in [-0.4, -0.2) is 63.7 Å². The van der Waals surface area contributed by atoms with Crippen molar-refractivity contribution in [3.05, 3.63) is 36.3 Å². The van der Waals surface area contributed by atoms with Gasteiger partial charge in [0, 0.05) is 45.1 Å². The predicted molar refractivity (Wildman–Crippen MR) is 91.0 cm³/mol. The molecule has 1 aliphatic heterocycles. The maximum absolute atomic E-state index is 12.5. The lowest BCUT2D eigenvalue weighted by atomic mass is 10.2. The zero-order chi connectivity index (χ0) is 16.8. The van der Waals surface area contributed by atoms with Gasteiger partial charge in [0.25, 0.3) is 5.91 Å². The first-order valence-electron chi connectivity index (χ1n) is 8.17. The van der Waals surface area contributed by atoms with Crippen molar-refractivity contribution in [3.63, 3.8) is 0 Å². The van der Waals surface area contributed by atoms with Gasteiger partial charge in [0.05, 0.1) is 0 Å². The molecular weight excluding hydrogens is 306 g/mol. The second-order valence-electron chi connectivity index (χ2n) is 5.56. The number of nitrogens with zero attached hydrogens (tertiary/aromatic N) is 6. The third-order valence-electron chi connectivity index (χ3n) is 3.84. The Morgan fingerprint density at radius 2 is 1.88 bits per heavy atom. The molecule has 3 heterocycles. The van der Waals surface area contributed by atoms with Crippen molar-refractivity contribution < 1.29 is 4.79 Å². The molecule has 1 N–H and O–H groups in total. The number of piperazine rings is 1. The molecule has 1 amide bonds. The van der Waals surface area contributed by atoms with Crippen LogP contribution in [0.5, 0.6) is 0 Å². The SMILES string of the molecule is CCCNc1ccc(C(=O)N2CCN(c3ncccn3)CC2)nn1. The Kier molecular flexibility index (Phi) is 5.15. The van der Waals surface area contributed by atoms with Gasteiger partial charge in [-0.3, -0.25) is 4.79 Å². The van der Waals surface area contributed by atoms with E-state index in [4.69, 9.17) is 0 Å². The van der Waals surface area contributed by atoms with Crippen LogP contribution in [0.4, 0.5) is 11.8 Å². The predicted octanol–water partition coefficient (Wildman–Crippen LogP) is 1.05. The number of aromatic nitrogens is 4. The summed E-state index contributed by atoms with van der Waals surface area (Å²) < 4.78 is 0. The molecule has 2 aromatic rings. The van der Waals surface area contributed by atoms with Gasteiger partial charge in [0.2, 0.25) is 5.95 Å². The molecule has 0 radical (unpaired) electrons. The number of anilines is 2. The van der Waals surface area contributed by atoms with Gasteiger partial charge in [-0.2, -0.15) is 0 Å². The summed E-state index contributed by atoms with van der Waals surface area (Å²) in [6.45, 7) is 5.58. The van der Waals surface area contributed by atoms with Crippen molar-refractivity contribution in [1.29, 1.82) is 0 Å². The molecule has 0 atom stereocenters. The highest BCUT2D eigenvalue weighted by atomic mass is 16.2. The van der Waals surface area contributed by atoms with Crippen LogP contribution in [-0.2, 0) is 0 Å². The van der Waals surface area contributed by atoms with Gasteiger partial charge in [0.15, 0.2) is 5.69 Å². The molecule has 0 aromatic carbocycles. The summed E-state index contributed by atoms with van der Waals surface area (Å²) in [7, 11) is 0. The third-order valence-corrected chi connectivity index (χ3v) is 3.84. The highest BCUT2D eigenvalue weighted by Gasteiger charge is 2.24. The molecule has 8 heteroatoms. The van der Waals surface area contributed by atoms with Crippen LogP contribution >= 0.6 is 0 Å². The lowest BCUT2D eigenvalue weighted by molar-refractivity contribution is 0.0739. The number of rotatable bonds is 5. The van der Waals surface area contributed by atoms with Crippen LogP contribution in [0.2, 0.25) is 0 Å². The Labute approximate surface area is 140 Å². The van der Waals surface area contributed by atoms with Gasteiger partial charge in [-0.1, -0.05) is 6.92 Å². The van der Waals surface area contributed by atoms with E-state index in [9.17, 15) is 4.79 Å². The molecule has 0 spiro atoms. The van der Waals surface area contributed by atoms with E-state index in [0.29, 0.717) is 43.6 Å². The fraction of sp³-hybridized carbons (Fsp3) is 0.438. The molecule has 24 heavy (non-hydrogen) atoms. The molecule has 0 aliphatic carbocycles. The Balaban J connectivity index is 1.57. The Hall–Kier alpha value is -2.77. The molecule has 1 saturated heterocycles. The summed E-state index contributed by atoms with van der Waals surface area (Å²) in [6, 6.07) is 5.31. The van der Waals surface area contributed by atoms with E-state index < -0.39 is 0 Å². The third kappa shape index (κ3) is 3.76. The second kappa shape index (κ2) is 7.67. The molecule has 1 fully saturated rings. The second-order valence-corrected chi connectivity index (χ2v) is 5.56. The first-order valence-corrected chi connectivity index (χ1v) is 8.17. The number of hydrogen-bond donors (Lipinski definition) is 1. The lowest BCUT2D eigenvalue weighted by Crippen LogP contribution is -2.49. The summed E-state index contributed by atoms with van der Waals surface area (Å²) in [5, 5.41) is 11.2. The average Bonchev–Trinajstić information content (AvgIpc) is 2.67. The standard InChI is InChI=1S/C16H21N7O/c1-2-6-17-14-5-4-13(20-21-14)15(24)22-9-11-23(12-10-22)16-18-7-3-8-19-16/h3-5,7-8H,2,6,9-12H2,1H3,(H,17,21). The highest BCUT2D eigenvalue weighted by molar-refractivity contribution is 5.92. The van der Waals surface area contributed by atoms with Gasteiger partial charge < -0.3 is 15.1 Å². The van der Waals surface area contributed by atoms with Crippen molar-refractivity contribution in [2.45, 2.75) is 13.3 Å². The van der Waals surface area contributed by atoms with Gasteiger partial charge >= 0.3 is 0 Å². The van der Waals surface area contributed by atoms with E-state index in [-0.39, 0.29) is 5.91 Å². The van der Waals surface area contributed by atoms with Crippen LogP contribution in [0.15, 0.2) is 30.6 Å². The van der Waals surface area contributed by atoms with Crippen molar-refractivity contribution in [3.8, 4) is 0 Å². The average molecular weight is 327 g/mol. The van der Waals surface area contributed by atoms with Gasteiger partial charge in [-0.25, -0.2) is 9.97 Å². The smallest absolute Gasteiger partial charge is 0.274 e. The Morgan fingerprint density at radius 1 is 1.12 bits per heavy atom. The number of carbonyl (C=O) groups is 1. The van der Waals surface area contributed by atoms with Crippen molar-refractivity contribution >= 4 is 17.7 Å². The van der Waals surface area contributed by atoms with Crippen molar-refractivity contribution in [2.24, 2.45) is 0 Å². The molecule has 1 aliphatic rings. The fourth-order valence-corrected chi connectivity index (χ4v) is 2.52. The van der Waals surface area contributed by atoms with Crippen molar-refractivity contribution in [1.82, 2.24) is 25.1 Å². The first-order chi connectivity index (χ1) is 11.8. The van der Waals surface area contributed by atoms with Gasteiger partial charge in [0.1, 0.15) is 5.82 Å². The van der Waals surface area contributed by atoms with E-state index in [1.807, 2.05) is 0 Å². The highest BCUT2D eigenvalue weighted by Crippen LogP contribution is 2.12. The van der Waals surface area contributed by atoms with E-state index in [2.05, 4.69) is 37.3 Å². The summed E-state index contributed by atoms with van der Waals surface area (Å²) in [4.78, 5) is 24.9. The van der Waals surface area contributed by atoms with E-state index in [0.717, 1.165) is 13.0 Å². The van der Waals surface area contributed by atoms with Crippen LogP contribution < -0.4 is 10.2 Å². The Morgan fingerprint density at radius 3 is 2.50 bits per heavy atom. The molecule has 3 rings (SSSR count). The van der Waals surface area contributed by atoms with Crippen LogP contribution in [0.25, 0.3) is 0 Å². The molecule has 126 valence electrons. The molecular formula is C16H21N7O. The van der Waals surface area contributed by atoms with E-state index in [1.165, 1.54) is 0 Å². The summed E-state index contributed by atoms with van der Waals surface area (Å²) in [5.74, 6) is 1.31. The van der Waals surface area contributed by atoms with E-state index >= 15 is 0 Å². The molecule has 0 bridgehead atoms. The topological polar surface area (TPSA) is 87.1 Å². The zero-order valence-corrected chi connectivity index (χ0v) is 13.7. The maximum atomic E-state index is 12.5.